The van der Waals surface area contributed by atoms with Gasteiger partial charge < -0.3 is 4.74 Å². The van der Waals surface area contributed by atoms with E-state index in [-0.39, 0.29) is 0 Å². The second-order valence-electron chi connectivity index (χ2n) is 4.25. The zero-order chi connectivity index (χ0) is 7.73. The van der Waals surface area contributed by atoms with E-state index >= 15 is 0 Å². The van der Waals surface area contributed by atoms with Crippen molar-refractivity contribution in [2.45, 2.75) is 26.2 Å². The second kappa shape index (κ2) is 2.76. The van der Waals surface area contributed by atoms with Gasteiger partial charge in [0.25, 0.3) is 0 Å². The van der Waals surface area contributed by atoms with Crippen LogP contribution in [0.5, 0.6) is 0 Å². The molecule has 1 heterocycles. The summed E-state index contributed by atoms with van der Waals surface area (Å²) in [5.74, 6) is 0. The third-order valence-corrected chi connectivity index (χ3v) is 2.75. The van der Waals surface area contributed by atoms with Gasteiger partial charge in [-0.1, -0.05) is 6.92 Å². The molecule has 0 unspecified atom stereocenters. The second-order valence-corrected chi connectivity index (χ2v) is 4.25. The molecule has 64 valence electrons. The standard InChI is InChI=1S/C9H17NO/c1-9(3-4-9)7-10-5-2-6-11-8-10/h2-8H2,1H3. The Kier molecular flexibility index (Phi) is 1.90. The molecule has 2 heteroatoms. The molecule has 0 radical (unpaired) electrons. The monoisotopic (exact) mass is 155 g/mol. The van der Waals surface area contributed by atoms with Crippen molar-refractivity contribution >= 4 is 0 Å². The average molecular weight is 155 g/mol. The fraction of sp³-hybridized carbons (Fsp3) is 1.00. The van der Waals surface area contributed by atoms with Gasteiger partial charge in [0, 0.05) is 19.7 Å². The van der Waals surface area contributed by atoms with Gasteiger partial charge >= 0.3 is 0 Å². The molecule has 0 amide bonds. The first-order valence-corrected chi connectivity index (χ1v) is 4.59. The molecule has 1 saturated carbocycles. The van der Waals surface area contributed by atoms with E-state index in [2.05, 4.69) is 11.8 Å². The van der Waals surface area contributed by atoms with Gasteiger partial charge in [-0.15, -0.1) is 0 Å². The molecule has 2 nitrogen and oxygen atoms in total. The van der Waals surface area contributed by atoms with Crippen LogP contribution in [0.25, 0.3) is 0 Å². The zero-order valence-corrected chi connectivity index (χ0v) is 7.31. The smallest absolute Gasteiger partial charge is 0.0990 e. The molecule has 2 rings (SSSR count). The molecule has 2 fully saturated rings. The minimum Gasteiger partial charge on any atom is -0.366 e. The maximum Gasteiger partial charge on any atom is 0.0990 e. The first kappa shape index (κ1) is 7.56. The van der Waals surface area contributed by atoms with Gasteiger partial charge in [0.05, 0.1) is 6.73 Å². The lowest BCUT2D eigenvalue weighted by atomic mass is 10.1. The van der Waals surface area contributed by atoms with Gasteiger partial charge in [-0.3, -0.25) is 4.90 Å². The number of rotatable bonds is 2. The third kappa shape index (κ3) is 1.94. The van der Waals surface area contributed by atoms with Gasteiger partial charge in [-0.05, 0) is 24.7 Å². The number of hydrogen-bond donors (Lipinski definition) is 0. The molecule has 0 aromatic rings. The Morgan fingerprint density at radius 3 is 2.82 bits per heavy atom. The lowest BCUT2D eigenvalue weighted by Gasteiger charge is -2.28. The van der Waals surface area contributed by atoms with Crippen molar-refractivity contribution in [3.63, 3.8) is 0 Å². The molecule has 11 heavy (non-hydrogen) atoms. The topological polar surface area (TPSA) is 12.5 Å². The van der Waals surface area contributed by atoms with Crippen LogP contribution in [0, 0.1) is 5.41 Å². The fourth-order valence-corrected chi connectivity index (χ4v) is 1.68. The molecule has 0 N–H and O–H groups in total. The van der Waals surface area contributed by atoms with Crippen molar-refractivity contribution in [1.29, 1.82) is 0 Å². The van der Waals surface area contributed by atoms with Crippen molar-refractivity contribution in [3.8, 4) is 0 Å². The van der Waals surface area contributed by atoms with Crippen LogP contribution < -0.4 is 0 Å². The van der Waals surface area contributed by atoms with Crippen LogP contribution in [0.4, 0.5) is 0 Å². The zero-order valence-electron chi connectivity index (χ0n) is 7.31. The van der Waals surface area contributed by atoms with Gasteiger partial charge in [-0.25, -0.2) is 0 Å². The van der Waals surface area contributed by atoms with Crippen molar-refractivity contribution in [2.75, 3.05) is 26.4 Å². The minimum atomic E-state index is 0.653. The van der Waals surface area contributed by atoms with Crippen molar-refractivity contribution in [3.05, 3.63) is 0 Å². The predicted molar refractivity (Wildman–Crippen MR) is 44.4 cm³/mol. The lowest BCUT2D eigenvalue weighted by Crippen LogP contribution is -2.36. The lowest BCUT2D eigenvalue weighted by molar-refractivity contribution is -0.0214. The van der Waals surface area contributed by atoms with Crippen molar-refractivity contribution in [1.82, 2.24) is 4.90 Å². The van der Waals surface area contributed by atoms with Crippen LogP contribution in [0.15, 0.2) is 0 Å². The largest absolute Gasteiger partial charge is 0.366 e. The van der Waals surface area contributed by atoms with Crippen LogP contribution in [0.1, 0.15) is 26.2 Å². The van der Waals surface area contributed by atoms with E-state index in [0.29, 0.717) is 5.41 Å². The number of hydrogen-bond acceptors (Lipinski definition) is 2. The van der Waals surface area contributed by atoms with Gasteiger partial charge in [-0.2, -0.15) is 0 Å². The predicted octanol–water partition coefficient (Wildman–Crippen LogP) is 1.47. The highest BCUT2D eigenvalue weighted by Gasteiger charge is 2.38. The Balaban J connectivity index is 1.76. The third-order valence-electron chi connectivity index (χ3n) is 2.75. The van der Waals surface area contributed by atoms with Crippen LogP contribution in [-0.4, -0.2) is 31.3 Å². The summed E-state index contributed by atoms with van der Waals surface area (Å²) in [5.41, 5.74) is 0.653. The summed E-state index contributed by atoms with van der Waals surface area (Å²) in [6, 6.07) is 0. The highest BCUT2D eigenvalue weighted by molar-refractivity contribution is 4.91. The summed E-state index contributed by atoms with van der Waals surface area (Å²) in [4.78, 5) is 2.44. The van der Waals surface area contributed by atoms with E-state index in [9.17, 15) is 0 Å². The van der Waals surface area contributed by atoms with E-state index in [1.54, 1.807) is 0 Å². The quantitative estimate of drug-likeness (QED) is 0.598. The molecule has 0 aromatic carbocycles. The van der Waals surface area contributed by atoms with Crippen LogP contribution in [0.2, 0.25) is 0 Å². The Hall–Kier alpha value is -0.0800. The molecule has 1 saturated heterocycles. The minimum absolute atomic E-state index is 0.653. The molecule has 0 spiro atoms. The summed E-state index contributed by atoms with van der Waals surface area (Å²) in [6.45, 7) is 6.72. The highest BCUT2D eigenvalue weighted by Crippen LogP contribution is 2.45. The first-order valence-electron chi connectivity index (χ1n) is 4.59. The van der Waals surface area contributed by atoms with Crippen LogP contribution in [-0.2, 0) is 4.74 Å². The number of nitrogens with zero attached hydrogens (tertiary/aromatic N) is 1. The van der Waals surface area contributed by atoms with E-state index in [1.807, 2.05) is 0 Å². The summed E-state index contributed by atoms with van der Waals surface area (Å²) < 4.78 is 5.38. The molecule has 0 atom stereocenters. The molecule has 0 bridgehead atoms. The van der Waals surface area contributed by atoms with Crippen LogP contribution in [0.3, 0.4) is 0 Å². The first-order chi connectivity index (χ1) is 5.29. The Morgan fingerprint density at radius 2 is 2.27 bits per heavy atom. The molecular weight excluding hydrogens is 138 g/mol. The maximum absolute atomic E-state index is 5.38. The van der Waals surface area contributed by atoms with E-state index in [4.69, 9.17) is 4.74 Å². The SMILES string of the molecule is CC1(CN2CCCOC2)CC1. The van der Waals surface area contributed by atoms with Gasteiger partial charge in [0.2, 0.25) is 0 Å². The average Bonchev–Trinajstić information content (AvgIpc) is 2.70. The molecule has 1 aliphatic heterocycles. The van der Waals surface area contributed by atoms with E-state index < -0.39 is 0 Å². The van der Waals surface area contributed by atoms with Gasteiger partial charge in [0.15, 0.2) is 0 Å². The molecule has 0 aromatic heterocycles. The van der Waals surface area contributed by atoms with Crippen molar-refractivity contribution < 1.29 is 4.74 Å². The van der Waals surface area contributed by atoms with E-state index in [0.717, 1.165) is 13.3 Å². The summed E-state index contributed by atoms with van der Waals surface area (Å²) >= 11 is 0. The molecule has 1 aliphatic carbocycles. The van der Waals surface area contributed by atoms with Crippen molar-refractivity contribution in [2.24, 2.45) is 5.41 Å². The summed E-state index contributed by atoms with van der Waals surface area (Å²) in [5, 5.41) is 0. The normalized spacial score (nSPS) is 30.3. The molecular formula is C9H17NO. The van der Waals surface area contributed by atoms with Gasteiger partial charge in [0.1, 0.15) is 0 Å². The Morgan fingerprint density at radius 1 is 1.45 bits per heavy atom. The molecule has 2 aliphatic rings. The summed E-state index contributed by atoms with van der Waals surface area (Å²) in [6.07, 6.45) is 4.06. The summed E-state index contributed by atoms with van der Waals surface area (Å²) in [7, 11) is 0. The van der Waals surface area contributed by atoms with E-state index in [1.165, 1.54) is 32.4 Å². The Bertz CT molecular complexity index is 136. The highest BCUT2D eigenvalue weighted by atomic mass is 16.5. The maximum atomic E-state index is 5.38. The fourth-order valence-electron chi connectivity index (χ4n) is 1.68. The number of ether oxygens (including phenoxy) is 1. The Labute approximate surface area is 68.5 Å². The van der Waals surface area contributed by atoms with Crippen LogP contribution >= 0.6 is 0 Å².